The third-order valence-corrected chi connectivity index (χ3v) is 6.54. The smallest absolute Gasteiger partial charge is 0.215 e. The largest absolute Gasteiger partial charge is 0.329 e. The summed E-state index contributed by atoms with van der Waals surface area (Å²) < 4.78 is 27.5. The summed E-state index contributed by atoms with van der Waals surface area (Å²) in [6.07, 6.45) is 6.02. The van der Waals surface area contributed by atoms with Crippen molar-refractivity contribution in [1.29, 1.82) is 0 Å². The van der Waals surface area contributed by atoms with Gasteiger partial charge in [-0.2, -0.15) is 4.31 Å². The van der Waals surface area contributed by atoms with Crippen LogP contribution >= 0.6 is 0 Å². The van der Waals surface area contributed by atoms with Crippen LogP contribution in [0, 0.1) is 5.41 Å². The Hall–Kier alpha value is -0.130. The lowest BCUT2D eigenvalue weighted by Gasteiger charge is -2.45. The first-order valence-electron chi connectivity index (χ1n) is 7.87. The molecule has 0 bridgehead atoms. The molecule has 120 valence electrons. The normalized spacial score (nSPS) is 20.3. The van der Waals surface area contributed by atoms with Crippen LogP contribution in [-0.4, -0.2) is 37.1 Å². The summed E-state index contributed by atoms with van der Waals surface area (Å²) in [4.78, 5) is 0. The number of hydrogen-bond donors (Lipinski definition) is 1. The van der Waals surface area contributed by atoms with E-state index in [1.807, 2.05) is 27.7 Å². The van der Waals surface area contributed by atoms with Gasteiger partial charge in [0.05, 0.1) is 5.75 Å². The third-order valence-electron chi connectivity index (χ3n) is 4.07. The molecule has 1 saturated carbocycles. The van der Waals surface area contributed by atoms with Crippen LogP contribution in [0.25, 0.3) is 0 Å². The zero-order valence-electron chi connectivity index (χ0n) is 13.6. The van der Waals surface area contributed by atoms with E-state index in [2.05, 4.69) is 0 Å². The Balaban J connectivity index is 3.08. The van der Waals surface area contributed by atoms with Gasteiger partial charge in [0.15, 0.2) is 0 Å². The summed E-state index contributed by atoms with van der Waals surface area (Å²) in [5, 5.41) is 0. The average molecular weight is 305 g/mol. The highest BCUT2D eigenvalue weighted by molar-refractivity contribution is 7.89. The van der Waals surface area contributed by atoms with Gasteiger partial charge in [-0.3, -0.25) is 0 Å². The fourth-order valence-electron chi connectivity index (χ4n) is 3.26. The molecular formula is C15H32N2O2S. The maximum absolute atomic E-state index is 12.9. The fourth-order valence-corrected chi connectivity index (χ4v) is 5.82. The highest BCUT2D eigenvalue weighted by Gasteiger charge is 2.43. The number of nitrogens with zero attached hydrogens (tertiary/aromatic N) is 1. The second-order valence-electron chi connectivity index (χ2n) is 7.38. The van der Waals surface area contributed by atoms with Crippen molar-refractivity contribution in [2.45, 2.75) is 71.8 Å². The van der Waals surface area contributed by atoms with E-state index in [9.17, 15) is 8.42 Å². The highest BCUT2D eigenvalue weighted by atomic mass is 32.2. The van der Waals surface area contributed by atoms with Gasteiger partial charge in [-0.05, 0) is 24.7 Å². The average Bonchev–Trinajstić information content (AvgIpc) is 2.33. The van der Waals surface area contributed by atoms with Crippen molar-refractivity contribution in [1.82, 2.24) is 4.31 Å². The van der Waals surface area contributed by atoms with Gasteiger partial charge in [0.2, 0.25) is 10.0 Å². The standard InChI is InChI=1S/C15H32N2O2S/c1-5-11-17(20(18,19)13-14(2,3)4)15(12-16)9-7-6-8-10-15/h5-13,16H2,1-4H3. The minimum atomic E-state index is -3.26. The van der Waals surface area contributed by atoms with Crippen LogP contribution < -0.4 is 5.73 Å². The van der Waals surface area contributed by atoms with Crippen LogP contribution in [0.15, 0.2) is 0 Å². The molecule has 1 rings (SSSR count). The van der Waals surface area contributed by atoms with E-state index in [1.165, 1.54) is 6.42 Å². The van der Waals surface area contributed by atoms with E-state index >= 15 is 0 Å². The summed E-state index contributed by atoms with van der Waals surface area (Å²) >= 11 is 0. The molecule has 1 aliphatic carbocycles. The first-order chi connectivity index (χ1) is 9.17. The Bertz CT molecular complexity index is 393. The molecule has 0 aromatic carbocycles. The Morgan fingerprint density at radius 1 is 1.15 bits per heavy atom. The molecule has 5 heteroatoms. The fraction of sp³-hybridized carbons (Fsp3) is 1.00. The van der Waals surface area contributed by atoms with Crippen LogP contribution in [0.3, 0.4) is 0 Å². The molecule has 0 aromatic heterocycles. The van der Waals surface area contributed by atoms with Crippen molar-refractivity contribution in [2.75, 3.05) is 18.8 Å². The van der Waals surface area contributed by atoms with Gasteiger partial charge in [-0.15, -0.1) is 0 Å². The quantitative estimate of drug-likeness (QED) is 0.820. The summed E-state index contributed by atoms with van der Waals surface area (Å²) in [5.41, 5.74) is 5.46. The predicted molar refractivity (Wildman–Crippen MR) is 85.1 cm³/mol. The monoisotopic (exact) mass is 304 g/mol. The van der Waals surface area contributed by atoms with Gasteiger partial charge in [-0.1, -0.05) is 47.0 Å². The Kier molecular flexibility index (Phi) is 6.05. The van der Waals surface area contributed by atoms with Gasteiger partial charge in [0.1, 0.15) is 0 Å². The number of nitrogens with two attached hydrogens (primary N) is 1. The number of hydrogen-bond acceptors (Lipinski definition) is 3. The molecule has 0 atom stereocenters. The molecular weight excluding hydrogens is 272 g/mol. The molecule has 2 N–H and O–H groups in total. The number of sulfonamides is 1. The second kappa shape index (κ2) is 6.75. The minimum absolute atomic E-state index is 0.196. The number of rotatable bonds is 6. The summed E-state index contributed by atoms with van der Waals surface area (Å²) in [5.74, 6) is 0.196. The Morgan fingerprint density at radius 3 is 2.10 bits per heavy atom. The van der Waals surface area contributed by atoms with Crippen molar-refractivity contribution >= 4 is 10.0 Å². The SMILES string of the molecule is CCCN(C1(CN)CCCCC1)S(=O)(=O)CC(C)(C)C. The molecule has 1 fully saturated rings. The highest BCUT2D eigenvalue weighted by Crippen LogP contribution is 2.36. The summed E-state index contributed by atoms with van der Waals surface area (Å²) in [7, 11) is -3.26. The van der Waals surface area contributed by atoms with Crippen molar-refractivity contribution in [3.63, 3.8) is 0 Å². The molecule has 0 unspecified atom stereocenters. The maximum atomic E-state index is 12.9. The second-order valence-corrected chi connectivity index (χ2v) is 9.27. The van der Waals surface area contributed by atoms with Gasteiger partial charge in [0, 0.05) is 18.6 Å². The molecule has 0 amide bonds. The van der Waals surface area contributed by atoms with E-state index in [1.54, 1.807) is 4.31 Å². The topological polar surface area (TPSA) is 63.4 Å². The lowest BCUT2D eigenvalue weighted by atomic mass is 9.81. The Labute approximate surface area is 125 Å². The molecule has 20 heavy (non-hydrogen) atoms. The molecule has 0 saturated heterocycles. The van der Waals surface area contributed by atoms with E-state index in [4.69, 9.17) is 5.73 Å². The van der Waals surface area contributed by atoms with E-state index < -0.39 is 10.0 Å². The van der Waals surface area contributed by atoms with Gasteiger partial charge in [0.25, 0.3) is 0 Å². The lowest BCUT2D eigenvalue weighted by molar-refractivity contribution is 0.135. The maximum Gasteiger partial charge on any atom is 0.215 e. The van der Waals surface area contributed by atoms with Gasteiger partial charge in [-0.25, -0.2) is 8.42 Å². The molecule has 1 aliphatic rings. The van der Waals surface area contributed by atoms with Gasteiger partial charge >= 0.3 is 0 Å². The van der Waals surface area contributed by atoms with Crippen LogP contribution in [0.1, 0.15) is 66.2 Å². The molecule has 4 nitrogen and oxygen atoms in total. The molecule has 0 spiro atoms. The molecule has 0 aromatic rings. The zero-order valence-corrected chi connectivity index (χ0v) is 14.4. The molecule has 0 heterocycles. The summed E-state index contributed by atoms with van der Waals surface area (Å²) in [6, 6.07) is 0. The minimum Gasteiger partial charge on any atom is -0.329 e. The molecule has 0 radical (unpaired) electrons. The van der Waals surface area contributed by atoms with E-state index in [0.29, 0.717) is 13.1 Å². The van der Waals surface area contributed by atoms with Crippen LogP contribution in [0.5, 0.6) is 0 Å². The van der Waals surface area contributed by atoms with E-state index in [0.717, 1.165) is 32.1 Å². The van der Waals surface area contributed by atoms with Crippen molar-refractivity contribution < 1.29 is 8.42 Å². The van der Waals surface area contributed by atoms with Crippen molar-refractivity contribution in [2.24, 2.45) is 11.1 Å². The first-order valence-corrected chi connectivity index (χ1v) is 9.48. The van der Waals surface area contributed by atoms with Crippen LogP contribution in [0.2, 0.25) is 0 Å². The first kappa shape index (κ1) is 17.9. The van der Waals surface area contributed by atoms with Crippen LogP contribution in [-0.2, 0) is 10.0 Å². The summed E-state index contributed by atoms with van der Waals surface area (Å²) in [6.45, 7) is 9.00. The predicted octanol–water partition coefficient (Wildman–Crippen LogP) is 2.74. The lowest BCUT2D eigenvalue weighted by Crippen LogP contribution is -2.58. The van der Waals surface area contributed by atoms with Crippen molar-refractivity contribution in [3.8, 4) is 0 Å². The third kappa shape index (κ3) is 4.43. The van der Waals surface area contributed by atoms with E-state index in [-0.39, 0.29) is 16.7 Å². The van der Waals surface area contributed by atoms with Crippen LogP contribution in [0.4, 0.5) is 0 Å². The molecule has 0 aliphatic heterocycles. The van der Waals surface area contributed by atoms with Gasteiger partial charge < -0.3 is 5.73 Å². The Morgan fingerprint density at radius 2 is 1.70 bits per heavy atom. The van der Waals surface area contributed by atoms with Crippen molar-refractivity contribution in [3.05, 3.63) is 0 Å². The zero-order chi connectivity index (χ0) is 15.4.